The van der Waals surface area contributed by atoms with Crippen LogP contribution in [0.25, 0.3) is 0 Å². The summed E-state index contributed by atoms with van der Waals surface area (Å²) >= 11 is 0. The van der Waals surface area contributed by atoms with Gasteiger partial charge in [-0.3, -0.25) is 4.79 Å². The molecule has 2 fully saturated rings. The molecular weight excluding hydrogens is 138 g/mol. The molecule has 1 atom stereocenters. The summed E-state index contributed by atoms with van der Waals surface area (Å²) in [4.78, 5) is 13.3. The highest BCUT2D eigenvalue weighted by atomic mass is 16.2. The van der Waals surface area contributed by atoms with Gasteiger partial charge >= 0.3 is 0 Å². The van der Waals surface area contributed by atoms with Crippen molar-refractivity contribution < 1.29 is 4.79 Å². The Bertz CT molecular complexity index is 198. The summed E-state index contributed by atoms with van der Waals surface area (Å²) < 4.78 is 0. The van der Waals surface area contributed by atoms with E-state index in [9.17, 15) is 4.79 Å². The molecule has 0 saturated carbocycles. The lowest BCUT2D eigenvalue weighted by Gasteiger charge is -2.54. The number of hydrogen-bond acceptors (Lipinski definition) is 1. The fourth-order valence-electron chi connectivity index (χ4n) is 2.44. The van der Waals surface area contributed by atoms with Gasteiger partial charge in [-0.05, 0) is 33.1 Å². The van der Waals surface area contributed by atoms with Crippen LogP contribution in [0, 0.1) is 0 Å². The van der Waals surface area contributed by atoms with Crippen molar-refractivity contribution >= 4 is 5.91 Å². The van der Waals surface area contributed by atoms with E-state index in [4.69, 9.17) is 0 Å². The van der Waals surface area contributed by atoms with E-state index in [2.05, 4.69) is 18.7 Å². The minimum absolute atomic E-state index is 0.151. The minimum atomic E-state index is 0.151. The molecule has 2 nitrogen and oxygen atoms in total. The predicted octanol–water partition coefficient (Wildman–Crippen LogP) is 1.55. The molecule has 0 N–H and O–H groups in total. The summed E-state index contributed by atoms with van der Waals surface area (Å²) in [6.07, 6.45) is 4.51. The van der Waals surface area contributed by atoms with Crippen molar-refractivity contribution in [2.24, 2.45) is 0 Å². The summed E-state index contributed by atoms with van der Waals surface area (Å²) in [5.74, 6) is 0.361. The van der Waals surface area contributed by atoms with Gasteiger partial charge in [0.05, 0.1) is 0 Å². The molecule has 0 aromatic heterocycles. The molecule has 2 heterocycles. The minimum Gasteiger partial charge on any atom is -0.334 e. The Kier molecular flexibility index (Phi) is 1.29. The van der Waals surface area contributed by atoms with Gasteiger partial charge in [-0.25, -0.2) is 0 Å². The third kappa shape index (κ3) is 0.883. The number of rotatable bonds is 0. The third-order valence-corrected chi connectivity index (χ3v) is 3.02. The SMILES string of the molecule is CC1(C)CCC[C@H]2CC(=O)N21. The van der Waals surface area contributed by atoms with Gasteiger partial charge < -0.3 is 4.90 Å². The number of fused-ring (bicyclic) bond motifs is 1. The molecule has 0 spiro atoms. The fraction of sp³-hybridized carbons (Fsp3) is 0.889. The van der Waals surface area contributed by atoms with Gasteiger partial charge in [0, 0.05) is 18.0 Å². The second-order valence-electron chi connectivity index (χ2n) is 4.33. The van der Waals surface area contributed by atoms with Gasteiger partial charge in [-0.15, -0.1) is 0 Å². The summed E-state index contributed by atoms with van der Waals surface area (Å²) in [5.41, 5.74) is 0.151. The summed E-state index contributed by atoms with van der Waals surface area (Å²) in [5, 5.41) is 0. The maximum absolute atomic E-state index is 11.2. The Balaban J connectivity index is 2.17. The highest BCUT2D eigenvalue weighted by Gasteiger charge is 2.46. The van der Waals surface area contributed by atoms with E-state index in [0.717, 1.165) is 6.42 Å². The Morgan fingerprint density at radius 3 is 2.73 bits per heavy atom. The van der Waals surface area contributed by atoms with Crippen LogP contribution in [0.2, 0.25) is 0 Å². The lowest BCUT2D eigenvalue weighted by atomic mass is 9.80. The van der Waals surface area contributed by atoms with E-state index in [1.54, 1.807) is 0 Å². The normalized spacial score (nSPS) is 34.5. The van der Waals surface area contributed by atoms with Crippen molar-refractivity contribution in [3.8, 4) is 0 Å². The maximum atomic E-state index is 11.2. The zero-order chi connectivity index (χ0) is 8.06. The van der Waals surface area contributed by atoms with Crippen LogP contribution in [0.15, 0.2) is 0 Å². The molecule has 0 aromatic rings. The largest absolute Gasteiger partial charge is 0.334 e. The topological polar surface area (TPSA) is 20.3 Å². The van der Waals surface area contributed by atoms with Crippen LogP contribution in [0.5, 0.6) is 0 Å². The zero-order valence-corrected chi connectivity index (χ0v) is 7.26. The van der Waals surface area contributed by atoms with Gasteiger partial charge in [-0.1, -0.05) is 0 Å². The Morgan fingerprint density at radius 1 is 1.55 bits per heavy atom. The molecule has 0 aromatic carbocycles. The van der Waals surface area contributed by atoms with Crippen molar-refractivity contribution in [2.45, 2.75) is 51.1 Å². The van der Waals surface area contributed by atoms with Crippen LogP contribution in [-0.2, 0) is 4.79 Å². The first kappa shape index (κ1) is 7.14. The first-order chi connectivity index (χ1) is 5.11. The standard InChI is InChI=1S/C9H15NO/c1-9(2)5-3-4-7-6-8(11)10(7)9/h7H,3-6H2,1-2H3/t7-/m0/s1. The second kappa shape index (κ2) is 1.99. The Labute approximate surface area is 67.6 Å². The predicted molar refractivity (Wildman–Crippen MR) is 43.2 cm³/mol. The van der Waals surface area contributed by atoms with Crippen LogP contribution in [-0.4, -0.2) is 22.4 Å². The van der Waals surface area contributed by atoms with Crippen molar-refractivity contribution in [3.05, 3.63) is 0 Å². The number of nitrogens with zero attached hydrogens (tertiary/aromatic N) is 1. The highest BCUT2D eigenvalue weighted by molar-refractivity contribution is 5.84. The van der Waals surface area contributed by atoms with Crippen LogP contribution >= 0.6 is 0 Å². The molecule has 62 valence electrons. The van der Waals surface area contributed by atoms with Crippen molar-refractivity contribution in [1.82, 2.24) is 4.90 Å². The average molecular weight is 153 g/mol. The summed E-state index contributed by atoms with van der Waals surface area (Å²) in [7, 11) is 0. The van der Waals surface area contributed by atoms with Gasteiger partial charge in [0.2, 0.25) is 5.91 Å². The number of piperidine rings is 1. The molecule has 0 aliphatic carbocycles. The second-order valence-corrected chi connectivity index (χ2v) is 4.33. The lowest BCUT2D eigenvalue weighted by molar-refractivity contribution is -0.160. The molecular formula is C9H15NO. The number of carbonyl (C=O) groups is 1. The number of carbonyl (C=O) groups excluding carboxylic acids is 1. The molecule has 2 aliphatic heterocycles. The molecule has 0 radical (unpaired) electrons. The van der Waals surface area contributed by atoms with E-state index < -0.39 is 0 Å². The zero-order valence-electron chi connectivity index (χ0n) is 7.26. The maximum Gasteiger partial charge on any atom is 0.225 e. The smallest absolute Gasteiger partial charge is 0.225 e. The van der Waals surface area contributed by atoms with Gasteiger partial charge in [0.25, 0.3) is 0 Å². The number of β-lactam (4-membered cyclic amide) rings is 1. The first-order valence-corrected chi connectivity index (χ1v) is 4.43. The van der Waals surface area contributed by atoms with Crippen LogP contribution in [0.4, 0.5) is 0 Å². The quantitative estimate of drug-likeness (QED) is 0.483. The Hall–Kier alpha value is -0.530. The van der Waals surface area contributed by atoms with Gasteiger partial charge in [0.1, 0.15) is 0 Å². The molecule has 11 heavy (non-hydrogen) atoms. The third-order valence-electron chi connectivity index (χ3n) is 3.02. The molecule has 1 amide bonds. The molecule has 2 rings (SSSR count). The fourth-order valence-corrected chi connectivity index (χ4v) is 2.44. The highest BCUT2D eigenvalue weighted by Crippen LogP contribution is 2.39. The van der Waals surface area contributed by atoms with E-state index in [1.165, 1.54) is 19.3 Å². The van der Waals surface area contributed by atoms with E-state index >= 15 is 0 Å². The summed E-state index contributed by atoms with van der Waals surface area (Å²) in [6, 6.07) is 0.589. The van der Waals surface area contributed by atoms with Crippen LogP contribution in [0.1, 0.15) is 39.5 Å². The number of amides is 1. The molecule has 0 bridgehead atoms. The Morgan fingerprint density at radius 2 is 2.27 bits per heavy atom. The van der Waals surface area contributed by atoms with Gasteiger partial charge in [0.15, 0.2) is 0 Å². The first-order valence-electron chi connectivity index (χ1n) is 4.43. The van der Waals surface area contributed by atoms with E-state index in [-0.39, 0.29) is 5.54 Å². The van der Waals surface area contributed by atoms with Crippen molar-refractivity contribution in [3.63, 3.8) is 0 Å². The average Bonchev–Trinajstić information content (AvgIpc) is 1.82. The van der Waals surface area contributed by atoms with Crippen molar-refractivity contribution in [2.75, 3.05) is 0 Å². The molecule has 2 aliphatic rings. The van der Waals surface area contributed by atoms with E-state index in [0.29, 0.717) is 11.9 Å². The molecule has 2 saturated heterocycles. The molecule has 0 unspecified atom stereocenters. The monoisotopic (exact) mass is 153 g/mol. The molecule has 2 heteroatoms. The van der Waals surface area contributed by atoms with Crippen molar-refractivity contribution in [1.29, 1.82) is 0 Å². The summed E-state index contributed by atoms with van der Waals surface area (Å²) in [6.45, 7) is 4.35. The lowest BCUT2D eigenvalue weighted by Crippen LogP contribution is -2.64. The van der Waals surface area contributed by atoms with Crippen LogP contribution in [0.3, 0.4) is 0 Å². The van der Waals surface area contributed by atoms with E-state index in [1.807, 2.05) is 0 Å². The number of hydrogen-bond donors (Lipinski definition) is 0. The van der Waals surface area contributed by atoms with Gasteiger partial charge in [-0.2, -0.15) is 0 Å². The van der Waals surface area contributed by atoms with Crippen LogP contribution < -0.4 is 0 Å².